The van der Waals surface area contributed by atoms with Gasteiger partial charge in [-0.15, -0.1) is 0 Å². The van der Waals surface area contributed by atoms with Crippen LogP contribution in [-0.4, -0.2) is 24.1 Å². The van der Waals surface area contributed by atoms with E-state index in [0.29, 0.717) is 10.7 Å². The molecule has 7 heteroatoms. The first-order valence-electron chi connectivity index (χ1n) is 5.22. The van der Waals surface area contributed by atoms with Gasteiger partial charge in [0.2, 0.25) is 5.88 Å². The smallest absolute Gasteiger partial charge is 0.396 e. The van der Waals surface area contributed by atoms with Gasteiger partial charge in [-0.25, -0.2) is 4.79 Å². The fourth-order valence-corrected chi connectivity index (χ4v) is 1.47. The van der Waals surface area contributed by atoms with Gasteiger partial charge in [0.15, 0.2) is 0 Å². The van der Waals surface area contributed by atoms with Crippen LogP contribution >= 0.6 is 11.6 Å². The molecule has 0 aliphatic heterocycles. The highest BCUT2D eigenvalue weighted by atomic mass is 35.5. The Bertz CT molecular complexity index is 606. The van der Waals surface area contributed by atoms with E-state index in [4.69, 9.17) is 16.1 Å². The van der Waals surface area contributed by atoms with Gasteiger partial charge in [-0.1, -0.05) is 28.9 Å². The van der Waals surface area contributed by atoms with Crippen molar-refractivity contribution in [1.82, 2.24) is 5.16 Å². The van der Waals surface area contributed by atoms with E-state index in [9.17, 15) is 9.59 Å². The van der Waals surface area contributed by atoms with Gasteiger partial charge in [-0.05, 0) is 12.1 Å². The van der Waals surface area contributed by atoms with Gasteiger partial charge in [0.25, 0.3) is 0 Å². The van der Waals surface area contributed by atoms with Crippen molar-refractivity contribution in [2.75, 3.05) is 12.4 Å². The third-order valence-corrected chi connectivity index (χ3v) is 2.51. The van der Waals surface area contributed by atoms with Crippen LogP contribution in [0.1, 0.15) is 0 Å². The van der Waals surface area contributed by atoms with Gasteiger partial charge in [-0.3, -0.25) is 10.1 Å². The molecule has 0 radical (unpaired) electrons. The van der Waals surface area contributed by atoms with E-state index in [-0.39, 0.29) is 5.88 Å². The Balaban J connectivity index is 2.13. The van der Waals surface area contributed by atoms with E-state index in [1.54, 1.807) is 24.3 Å². The highest BCUT2D eigenvalue weighted by Gasteiger charge is 2.16. The second kappa shape index (κ2) is 5.53. The summed E-state index contributed by atoms with van der Waals surface area (Å²) in [5.41, 5.74) is 1.28. The van der Waals surface area contributed by atoms with Crippen molar-refractivity contribution in [2.24, 2.45) is 0 Å². The van der Waals surface area contributed by atoms with Crippen LogP contribution in [0.3, 0.4) is 0 Å². The molecule has 1 aromatic heterocycles. The fourth-order valence-electron chi connectivity index (χ4n) is 1.35. The summed E-state index contributed by atoms with van der Waals surface area (Å²) in [5.74, 6) is -1.88. The maximum Gasteiger partial charge on any atom is 0.396 e. The average Bonchev–Trinajstić information content (AvgIpc) is 2.87. The van der Waals surface area contributed by atoms with Crippen molar-refractivity contribution in [3.05, 3.63) is 35.4 Å². The summed E-state index contributed by atoms with van der Waals surface area (Å²) in [5, 5.41) is 6.60. The summed E-state index contributed by atoms with van der Waals surface area (Å²) in [7, 11) is 1.11. The molecule has 98 valence electrons. The molecule has 0 unspecified atom stereocenters. The molecule has 0 aliphatic rings. The molecule has 0 bridgehead atoms. The lowest BCUT2D eigenvalue weighted by molar-refractivity contribution is -0.150. The third kappa shape index (κ3) is 3.11. The van der Waals surface area contributed by atoms with Gasteiger partial charge < -0.3 is 9.26 Å². The SMILES string of the molecule is COC(=O)C(=O)Nc1cc(-c2ccc(Cl)cc2)no1. The minimum atomic E-state index is -1.01. The van der Waals surface area contributed by atoms with E-state index in [1.807, 2.05) is 0 Å². The number of rotatable bonds is 2. The molecular formula is C12H9ClN2O4. The minimum absolute atomic E-state index is 0.0559. The fraction of sp³-hybridized carbons (Fsp3) is 0.0833. The van der Waals surface area contributed by atoms with E-state index in [2.05, 4.69) is 15.2 Å². The number of anilines is 1. The van der Waals surface area contributed by atoms with Gasteiger partial charge in [0.1, 0.15) is 5.69 Å². The number of carbonyl (C=O) groups is 2. The highest BCUT2D eigenvalue weighted by Crippen LogP contribution is 2.23. The Morgan fingerprint density at radius 2 is 2.00 bits per heavy atom. The second-order valence-corrected chi connectivity index (χ2v) is 3.97. The first-order chi connectivity index (χ1) is 9.10. The molecule has 0 saturated heterocycles. The highest BCUT2D eigenvalue weighted by molar-refractivity contribution is 6.37. The number of ether oxygens (including phenoxy) is 1. The Labute approximate surface area is 113 Å². The molecule has 1 amide bonds. The van der Waals surface area contributed by atoms with Crippen LogP contribution in [-0.2, 0) is 14.3 Å². The molecule has 0 saturated carbocycles. The number of halogens is 1. The topological polar surface area (TPSA) is 81.4 Å². The number of carbonyl (C=O) groups excluding carboxylic acids is 2. The lowest BCUT2D eigenvalue weighted by Crippen LogP contribution is -2.23. The van der Waals surface area contributed by atoms with E-state index in [0.717, 1.165) is 12.7 Å². The molecule has 1 N–H and O–H groups in total. The largest absolute Gasteiger partial charge is 0.462 e. The molecule has 1 heterocycles. The molecule has 0 aliphatic carbocycles. The molecule has 1 aromatic carbocycles. The number of nitrogens with one attached hydrogen (secondary N) is 1. The van der Waals surface area contributed by atoms with Crippen LogP contribution in [0.4, 0.5) is 5.88 Å². The van der Waals surface area contributed by atoms with Crippen molar-refractivity contribution < 1.29 is 18.8 Å². The maximum atomic E-state index is 11.2. The van der Waals surface area contributed by atoms with E-state index >= 15 is 0 Å². The predicted molar refractivity (Wildman–Crippen MR) is 67.6 cm³/mol. The van der Waals surface area contributed by atoms with Gasteiger partial charge in [-0.2, -0.15) is 0 Å². The van der Waals surface area contributed by atoms with Crippen molar-refractivity contribution in [3.63, 3.8) is 0 Å². The number of methoxy groups -OCH3 is 1. The van der Waals surface area contributed by atoms with Crippen LogP contribution in [0.5, 0.6) is 0 Å². The summed E-state index contributed by atoms with van der Waals surface area (Å²) in [4.78, 5) is 22.2. The van der Waals surface area contributed by atoms with Crippen molar-refractivity contribution >= 4 is 29.4 Å². The van der Waals surface area contributed by atoms with E-state index < -0.39 is 11.9 Å². The predicted octanol–water partition coefficient (Wildman–Crippen LogP) is 2.11. The zero-order valence-corrected chi connectivity index (χ0v) is 10.6. The van der Waals surface area contributed by atoms with Crippen LogP contribution in [0, 0.1) is 0 Å². The lowest BCUT2D eigenvalue weighted by atomic mass is 10.1. The summed E-state index contributed by atoms with van der Waals surface area (Å²) in [6.07, 6.45) is 0. The molecule has 0 spiro atoms. The van der Waals surface area contributed by atoms with E-state index in [1.165, 1.54) is 6.07 Å². The number of esters is 1. The summed E-state index contributed by atoms with van der Waals surface area (Å²) < 4.78 is 9.15. The lowest BCUT2D eigenvalue weighted by Gasteiger charge is -1.97. The Hall–Kier alpha value is -2.34. The zero-order chi connectivity index (χ0) is 13.8. The first-order valence-corrected chi connectivity index (χ1v) is 5.60. The molecule has 2 aromatic rings. The Kier molecular flexibility index (Phi) is 3.82. The molecule has 19 heavy (non-hydrogen) atoms. The molecule has 0 atom stereocenters. The Morgan fingerprint density at radius 3 is 2.63 bits per heavy atom. The molecule has 6 nitrogen and oxygen atoms in total. The molecular weight excluding hydrogens is 272 g/mol. The van der Waals surface area contributed by atoms with Crippen LogP contribution in [0.25, 0.3) is 11.3 Å². The number of hydrogen-bond donors (Lipinski definition) is 1. The normalized spacial score (nSPS) is 10.0. The van der Waals surface area contributed by atoms with Crippen molar-refractivity contribution in [1.29, 1.82) is 0 Å². The summed E-state index contributed by atoms with van der Waals surface area (Å²) >= 11 is 5.77. The second-order valence-electron chi connectivity index (χ2n) is 3.53. The standard InChI is InChI=1S/C12H9ClN2O4/c1-18-12(17)11(16)14-10-6-9(15-19-10)7-2-4-8(13)5-3-7/h2-6H,1H3,(H,14,16). The number of amides is 1. The minimum Gasteiger partial charge on any atom is -0.462 e. The van der Waals surface area contributed by atoms with Crippen molar-refractivity contribution in [3.8, 4) is 11.3 Å². The van der Waals surface area contributed by atoms with Crippen LogP contribution in [0.2, 0.25) is 5.02 Å². The number of aromatic nitrogens is 1. The number of benzene rings is 1. The summed E-state index contributed by atoms with van der Waals surface area (Å²) in [6, 6.07) is 8.42. The maximum absolute atomic E-state index is 11.2. The van der Waals surface area contributed by atoms with Gasteiger partial charge >= 0.3 is 11.9 Å². The quantitative estimate of drug-likeness (QED) is 0.673. The van der Waals surface area contributed by atoms with Gasteiger partial charge in [0, 0.05) is 16.7 Å². The monoisotopic (exact) mass is 280 g/mol. The van der Waals surface area contributed by atoms with Crippen LogP contribution < -0.4 is 5.32 Å². The van der Waals surface area contributed by atoms with Crippen molar-refractivity contribution in [2.45, 2.75) is 0 Å². The van der Waals surface area contributed by atoms with Crippen LogP contribution in [0.15, 0.2) is 34.9 Å². The first kappa shape index (κ1) is 13.1. The number of nitrogens with zero attached hydrogens (tertiary/aromatic N) is 1. The average molecular weight is 281 g/mol. The van der Waals surface area contributed by atoms with Gasteiger partial charge in [0.05, 0.1) is 7.11 Å². The summed E-state index contributed by atoms with van der Waals surface area (Å²) in [6.45, 7) is 0. The molecule has 2 rings (SSSR count). The third-order valence-electron chi connectivity index (χ3n) is 2.26. The number of hydrogen-bond acceptors (Lipinski definition) is 5. The Morgan fingerprint density at radius 1 is 1.32 bits per heavy atom. The molecule has 0 fully saturated rings. The zero-order valence-electron chi connectivity index (χ0n) is 9.84.